The highest BCUT2D eigenvalue weighted by Crippen LogP contribution is 2.36. The molecule has 2 aliphatic rings. The molecule has 2 aromatic rings. The number of halogens is 1. The maximum Gasteiger partial charge on any atom is 0.252 e. The first-order valence-corrected chi connectivity index (χ1v) is 9.97. The molecule has 6 heteroatoms. The summed E-state index contributed by atoms with van der Waals surface area (Å²) < 4.78 is 14.2. The summed E-state index contributed by atoms with van der Waals surface area (Å²) in [6.07, 6.45) is 1.40. The molecular formula is C23H26FN3O2. The molecule has 2 heterocycles. The second kappa shape index (κ2) is 7.59. The first kappa shape index (κ1) is 19.6. The summed E-state index contributed by atoms with van der Waals surface area (Å²) in [7, 11) is 3.48. The van der Waals surface area contributed by atoms with Gasteiger partial charge in [0.1, 0.15) is 5.82 Å². The van der Waals surface area contributed by atoms with Gasteiger partial charge in [-0.3, -0.25) is 14.5 Å². The third kappa shape index (κ3) is 3.65. The predicted octanol–water partition coefficient (Wildman–Crippen LogP) is 2.46. The molecule has 0 unspecified atom stereocenters. The van der Waals surface area contributed by atoms with Gasteiger partial charge in [-0.05, 0) is 30.5 Å². The van der Waals surface area contributed by atoms with Crippen LogP contribution in [0.25, 0.3) is 0 Å². The van der Waals surface area contributed by atoms with E-state index in [1.165, 1.54) is 6.07 Å². The number of rotatable bonds is 3. The van der Waals surface area contributed by atoms with Crippen molar-refractivity contribution in [2.24, 2.45) is 5.92 Å². The van der Waals surface area contributed by atoms with Crippen molar-refractivity contribution in [2.45, 2.75) is 24.9 Å². The number of fused-ring (bicyclic) bond motifs is 1. The zero-order chi connectivity index (χ0) is 20.6. The van der Waals surface area contributed by atoms with Gasteiger partial charge in [-0.25, -0.2) is 4.39 Å². The quantitative estimate of drug-likeness (QED) is 0.869. The van der Waals surface area contributed by atoms with E-state index in [1.54, 1.807) is 31.1 Å². The van der Waals surface area contributed by atoms with Crippen molar-refractivity contribution in [1.82, 2.24) is 15.1 Å². The van der Waals surface area contributed by atoms with Crippen LogP contribution in [0.3, 0.4) is 0 Å². The van der Waals surface area contributed by atoms with E-state index >= 15 is 0 Å². The normalized spacial score (nSPS) is 24.1. The Morgan fingerprint density at radius 2 is 1.93 bits per heavy atom. The number of aryl methyl sites for hydroxylation is 1. The van der Waals surface area contributed by atoms with E-state index < -0.39 is 5.54 Å². The Bertz CT molecular complexity index is 945. The minimum Gasteiger partial charge on any atom is -0.348 e. The van der Waals surface area contributed by atoms with Crippen LogP contribution in [0.1, 0.15) is 27.9 Å². The van der Waals surface area contributed by atoms with Gasteiger partial charge in [-0.15, -0.1) is 0 Å². The third-order valence-electron chi connectivity index (χ3n) is 6.17. The van der Waals surface area contributed by atoms with Crippen molar-refractivity contribution in [2.75, 3.05) is 27.2 Å². The summed E-state index contributed by atoms with van der Waals surface area (Å²) in [5, 5.41) is 3.20. The number of carbonyl (C=O) groups excluding carboxylic acids is 2. The van der Waals surface area contributed by atoms with Crippen LogP contribution in [-0.4, -0.2) is 54.3 Å². The van der Waals surface area contributed by atoms with Crippen molar-refractivity contribution in [3.05, 3.63) is 71.0 Å². The second-order valence-corrected chi connectivity index (χ2v) is 8.31. The smallest absolute Gasteiger partial charge is 0.252 e. The van der Waals surface area contributed by atoms with Gasteiger partial charge in [0, 0.05) is 44.9 Å². The molecule has 5 nitrogen and oxygen atoms in total. The Kier molecular flexibility index (Phi) is 5.13. The predicted molar refractivity (Wildman–Crippen MR) is 109 cm³/mol. The lowest BCUT2D eigenvalue weighted by Crippen LogP contribution is -2.57. The number of nitrogens with zero attached hydrogens (tertiary/aromatic N) is 2. The maximum absolute atomic E-state index is 14.2. The van der Waals surface area contributed by atoms with Gasteiger partial charge in [0.25, 0.3) is 5.91 Å². The third-order valence-corrected chi connectivity index (χ3v) is 6.17. The number of carbonyl (C=O) groups is 2. The molecular weight excluding hydrogens is 369 g/mol. The zero-order valence-electron chi connectivity index (χ0n) is 16.8. The largest absolute Gasteiger partial charge is 0.348 e. The Labute approximate surface area is 170 Å². The lowest BCUT2D eigenvalue weighted by Gasteiger charge is -2.35. The van der Waals surface area contributed by atoms with Crippen LogP contribution in [0.2, 0.25) is 0 Å². The average molecular weight is 395 g/mol. The van der Waals surface area contributed by atoms with E-state index in [1.807, 2.05) is 30.3 Å². The number of likely N-dealkylation sites (tertiary alicyclic amines) is 1. The number of benzene rings is 2. The van der Waals surface area contributed by atoms with Crippen molar-refractivity contribution in [3.63, 3.8) is 0 Å². The molecule has 1 fully saturated rings. The molecule has 1 spiro atoms. The van der Waals surface area contributed by atoms with Gasteiger partial charge >= 0.3 is 0 Å². The molecule has 2 aliphatic heterocycles. The second-order valence-electron chi connectivity index (χ2n) is 8.31. The Morgan fingerprint density at radius 1 is 1.21 bits per heavy atom. The number of hydrogen-bond donors (Lipinski definition) is 1. The van der Waals surface area contributed by atoms with Crippen LogP contribution in [0.4, 0.5) is 4.39 Å². The molecule has 2 atom stereocenters. The Balaban J connectivity index is 1.65. The zero-order valence-corrected chi connectivity index (χ0v) is 16.8. The molecule has 1 saturated heterocycles. The Morgan fingerprint density at radius 3 is 2.69 bits per heavy atom. The molecule has 1 N–H and O–H groups in total. The minimum absolute atomic E-state index is 0.00714. The first-order chi connectivity index (χ1) is 13.9. The van der Waals surface area contributed by atoms with Crippen LogP contribution in [0.5, 0.6) is 0 Å². The summed E-state index contributed by atoms with van der Waals surface area (Å²) in [5.41, 5.74) is 1.62. The SMILES string of the molecule is CN(C)C(=O)[C@H]1CN(Cc2ccccc2F)C[C@@]12CCc1ccccc1C(=O)N2. The topological polar surface area (TPSA) is 52.7 Å². The van der Waals surface area contributed by atoms with E-state index in [4.69, 9.17) is 0 Å². The summed E-state index contributed by atoms with van der Waals surface area (Å²) in [6.45, 7) is 1.42. The van der Waals surface area contributed by atoms with Crippen LogP contribution >= 0.6 is 0 Å². The molecule has 0 saturated carbocycles. The van der Waals surface area contributed by atoms with Gasteiger partial charge in [0.05, 0.1) is 11.5 Å². The molecule has 0 aliphatic carbocycles. The summed E-state index contributed by atoms with van der Waals surface area (Å²) in [5.74, 6) is -0.765. The van der Waals surface area contributed by atoms with Crippen molar-refractivity contribution >= 4 is 11.8 Å². The molecule has 152 valence electrons. The highest BCUT2D eigenvalue weighted by Gasteiger charge is 2.52. The van der Waals surface area contributed by atoms with Gasteiger partial charge in [0.15, 0.2) is 0 Å². The van der Waals surface area contributed by atoms with Gasteiger partial charge in [-0.1, -0.05) is 36.4 Å². The van der Waals surface area contributed by atoms with Crippen molar-refractivity contribution < 1.29 is 14.0 Å². The number of hydrogen-bond acceptors (Lipinski definition) is 3. The molecule has 4 rings (SSSR count). The van der Waals surface area contributed by atoms with E-state index in [0.29, 0.717) is 37.2 Å². The standard InChI is InChI=1S/C23H26FN3O2/c1-26(2)22(29)19-14-27(13-17-8-4-6-10-20(17)24)15-23(19)12-11-16-7-3-5-9-18(16)21(28)25-23/h3-10,19H,11-15H2,1-2H3,(H,25,28)/t19-,23+/m1/s1. The molecule has 2 amide bonds. The van der Waals surface area contributed by atoms with E-state index in [-0.39, 0.29) is 23.5 Å². The highest BCUT2D eigenvalue weighted by molar-refractivity contribution is 5.97. The molecule has 0 bridgehead atoms. The molecule has 0 radical (unpaired) electrons. The first-order valence-electron chi connectivity index (χ1n) is 9.97. The van der Waals surface area contributed by atoms with Crippen LogP contribution < -0.4 is 5.32 Å². The van der Waals surface area contributed by atoms with E-state index in [0.717, 1.165) is 12.0 Å². The number of nitrogens with one attached hydrogen (secondary N) is 1. The fourth-order valence-corrected chi connectivity index (χ4v) is 4.67. The maximum atomic E-state index is 14.2. The average Bonchev–Trinajstić information content (AvgIpc) is 2.97. The number of amides is 2. The van der Waals surface area contributed by atoms with Crippen molar-refractivity contribution in [1.29, 1.82) is 0 Å². The highest BCUT2D eigenvalue weighted by atomic mass is 19.1. The fourth-order valence-electron chi connectivity index (χ4n) is 4.67. The van der Waals surface area contributed by atoms with Crippen LogP contribution in [0, 0.1) is 11.7 Å². The minimum atomic E-state index is -0.664. The van der Waals surface area contributed by atoms with Crippen molar-refractivity contribution in [3.8, 4) is 0 Å². The van der Waals surface area contributed by atoms with Crippen LogP contribution in [-0.2, 0) is 17.8 Å². The molecule has 29 heavy (non-hydrogen) atoms. The van der Waals surface area contributed by atoms with E-state index in [9.17, 15) is 14.0 Å². The molecule has 0 aromatic heterocycles. The van der Waals surface area contributed by atoms with Gasteiger partial charge < -0.3 is 10.2 Å². The lowest BCUT2D eigenvalue weighted by molar-refractivity contribution is -0.134. The Hall–Kier alpha value is -2.73. The van der Waals surface area contributed by atoms with Gasteiger partial charge in [0.2, 0.25) is 5.91 Å². The lowest BCUT2D eigenvalue weighted by atomic mass is 9.81. The molecule has 2 aromatic carbocycles. The van der Waals surface area contributed by atoms with Gasteiger partial charge in [-0.2, -0.15) is 0 Å². The van der Waals surface area contributed by atoms with E-state index in [2.05, 4.69) is 10.2 Å². The monoisotopic (exact) mass is 395 g/mol. The summed E-state index contributed by atoms with van der Waals surface area (Å²) >= 11 is 0. The summed E-state index contributed by atoms with van der Waals surface area (Å²) in [4.78, 5) is 29.7. The van der Waals surface area contributed by atoms with Crippen LogP contribution in [0.15, 0.2) is 48.5 Å². The summed E-state index contributed by atoms with van der Waals surface area (Å²) in [6, 6.07) is 14.3. The fraction of sp³-hybridized carbons (Fsp3) is 0.391.